The minimum absolute atomic E-state index is 0.0388. The summed E-state index contributed by atoms with van der Waals surface area (Å²) in [5.41, 5.74) is -0.199. The Morgan fingerprint density at radius 2 is 1.81 bits per heavy atom. The van der Waals surface area contributed by atoms with E-state index in [9.17, 15) is 14.4 Å². The maximum atomic E-state index is 12.7. The Balaban J connectivity index is 1.89. The van der Waals surface area contributed by atoms with E-state index in [4.69, 9.17) is 0 Å². The highest BCUT2D eigenvalue weighted by Gasteiger charge is 2.20. The van der Waals surface area contributed by atoms with Gasteiger partial charge in [-0.3, -0.25) is 18.7 Å². The number of nitrogens with zero attached hydrogens (tertiary/aromatic N) is 3. The number of carbonyl (C=O) groups is 1. The van der Waals surface area contributed by atoms with Crippen molar-refractivity contribution in [2.45, 2.75) is 52.1 Å². The first kappa shape index (κ1) is 18.4. The fourth-order valence-electron chi connectivity index (χ4n) is 3.92. The van der Waals surface area contributed by atoms with Crippen LogP contribution in [0, 0.1) is 5.92 Å². The van der Waals surface area contributed by atoms with Crippen molar-refractivity contribution in [1.29, 1.82) is 0 Å². The van der Waals surface area contributed by atoms with Crippen molar-refractivity contribution in [2.75, 3.05) is 13.6 Å². The largest absolute Gasteiger partial charge is 0.344 e. The third-order valence-corrected chi connectivity index (χ3v) is 5.42. The summed E-state index contributed by atoms with van der Waals surface area (Å²) in [6, 6.07) is 6.99. The Labute approximate surface area is 153 Å². The third-order valence-electron chi connectivity index (χ3n) is 5.42. The van der Waals surface area contributed by atoms with E-state index >= 15 is 0 Å². The van der Waals surface area contributed by atoms with Crippen molar-refractivity contribution in [1.82, 2.24) is 14.0 Å². The van der Waals surface area contributed by atoms with E-state index in [2.05, 4.69) is 0 Å². The molecule has 1 fully saturated rings. The molecule has 6 nitrogen and oxygen atoms in total. The normalized spacial score (nSPS) is 15.3. The van der Waals surface area contributed by atoms with Crippen molar-refractivity contribution < 1.29 is 4.79 Å². The van der Waals surface area contributed by atoms with Gasteiger partial charge in [0, 0.05) is 20.1 Å². The molecule has 1 aromatic heterocycles. The minimum Gasteiger partial charge on any atom is -0.344 e. The van der Waals surface area contributed by atoms with Gasteiger partial charge in [-0.15, -0.1) is 0 Å². The lowest BCUT2D eigenvalue weighted by atomic mass is 9.89. The molecule has 1 heterocycles. The average molecular weight is 357 g/mol. The highest BCUT2D eigenvalue weighted by atomic mass is 16.2. The topological polar surface area (TPSA) is 64.3 Å². The summed E-state index contributed by atoms with van der Waals surface area (Å²) in [5, 5.41) is 0.469. The molecule has 0 aliphatic heterocycles. The summed E-state index contributed by atoms with van der Waals surface area (Å²) in [6.07, 6.45) is 6.09. The summed E-state index contributed by atoms with van der Waals surface area (Å²) >= 11 is 0. The van der Waals surface area contributed by atoms with Crippen LogP contribution in [0.1, 0.15) is 39.0 Å². The monoisotopic (exact) mass is 357 g/mol. The van der Waals surface area contributed by atoms with Gasteiger partial charge >= 0.3 is 5.69 Å². The van der Waals surface area contributed by atoms with E-state index in [1.54, 1.807) is 43.1 Å². The lowest BCUT2D eigenvalue weighted by Crippen LogP contribution is -2.43. The molecular formula is C20H27N3O3. The average Bonchev–Trinajstić information content (AvgIpc) is 2.66. The molecule has 0 saturated heterocycles. The Morgan fingerprint density at radius 3 is 2.50 bits per heavy atom. The van der Waals surface area contributed by atoms with Crippen LogP contribution in [0.5, 0.6) is 0 Å². The predicted octanol–water partition coefficient (Wildman–Crippen LogP) is 2.22. The molecule has 3 rings (SSSR count). The number of benzene rings is 1. The molecule has 0 N–H and O–H groups in total. The zero-order chi connectivity index (χ0) is 18.7. The second-order valence-corrected chi connectivity index (χ2v) is 7.21. The summed E-state index contributed by atoms with van der Waals surface area (Å²) in [5.74, 6) is 0.458. The van der Waals surface area contributed by atoms with Crippen LogP contribution in [0.3, 0.4) is 0 Å². The standard InChI is InChI=1S/C20H27N3O3/c1-3-22-19(25)16-11-7-8-12-17(16)23(20(22)26)14-18(24)21(2)13-15-9-5-4-6-10-15/h7-8,11-12,15H,3-6,9-10,13-14H2,1-2H3. The number of aromatic nitrogens is 2. The molecule has 1 aliphatic carbocycles. The smallest absolute Gasteiger partial charge is 0.331 e. The molecule has 1 aromatic carbocycles. The molecule has 0 radical (unpaired) electrons. The maximum Gasteiger partial charge on any atom is 0.331 e. The molecule has 0 atom stereocenters. The Bertz CT molecular complexity index is 907. The molecule has 1 amide bonds. The number of likely N-dealkylation sites (N-methyl/N-ethyl adjacent to an activating group) is 1. The number of hydrogen-bond acceptors (Lipinski definition) is 3. The van der Waals surface area contributed by atoms with Gasteiger partial charge < -0.3 is 4.90 Å². The van der Waals surface area contributed by atoms with Gasteiger partial charge in [-0.1, -0.05) is 31.4 Å². The van der Waals surface area contributed by atoms with Crippen LogP contribution in [-0.4, -0.2) is 33.5 Å². The van der Waals surface area contributed by atoms with Gasteiger partial charge in [-0.05, 0) is 37.8 Å². The van der Waals surface area contributed by atoms with Crippen LogP contribution in [0.4, 0.5) is 0 Å². The lowest BCUT2D eigenvalue weighted by molar-refractivity contribution is -0.131. The fourth-order valence-corrected chi connectivity index (χ4v) is 3.92. The van der Waals surface area contributed by atoms with Crippen LogP contribution in [-0.2, 0) is 17.9 Å². The number of carbonyl (C=O) groups excluding carboxylic acids is 1. The number of hydrogen-bond donors (Lipinski definition) is 0. The zero-order valence-electron chi connectivity index (χ0n) is 15.6. The number of para-hydroxylation sites is 1. The first-order valence-corrected chi connectivity index (χ1v) is 9.49. The first-order valence-electron chi connectivity index (χ1n) is 9.49. The molecule has 26 heavy (non-hydrogen) atoms. The predicted molar refractivity (Wildman–Crippen MR) is 102 cm³/mol. The summed E-state index contributed by atoms with van der Waals surface area (Å²) in [6.45, 7) is 2.75. The van der Waals surface area contributed by atoms with Crippen molar-refractivity contribution in [2.24, 2.45) is 5.92 Å². The van der Waals surface area contributed by atoms with E-state index < -0.39 is 5.69 Å². The molecule has 0 spiro atoms. The maximum absolute atomic E-state index is 12.7. The first-order chi connectivity index (χ1) is 12.5. The van der Waals surface area contributed by atoms with Crippen LogP contribution < -0.4 is 11.2 Å². The highest BCUT2D eigenvalue weighted by molar-refractivity contribution is 5.81. The van der Waals surface area contributed by atoms with Crippen molar-refractivity contribution >= 4 is 16.8 Å². The van der Waals surface area contributed by atoms with Gasteiger partial charge in [0.2, 0.25) is 5.91 Å². The van der Waals surface area contributed by atoms with Crippen molar-refractivity contribution in [3.8, 4) is 0 Å². The molecule has 0 unspecified atom stereocenters. The Hall–Kier alpha value is -2.37. The number of fused-ring (bicyclic) bond motifs is 1. The van der Waals surface area contributed by atoms with E-state index in [0.29, 0.717) is 16.8 Å². The zero-order valence-corrected chi connectivity index (χ0v) is 15.6. The molecule has 2 aromatic rings. The van der Waals surface area contributed by atoms with E-state index in [0.717, 1.165) is 6.54 Å². The summed E-state index contributed by atoms with van der Waals surface area (Å²) < 4.78 is 2.62. The molecule has 140 valence electrons. The van der Waals surface area contributed by atoms with Crippen molar-refractivity contribution in [3.05, 3.63) is 45.1 Å². The molecule has 0 bridgehead atoms. The highest BCUT2D eigenvalue weighted by Crippen LogP contribution is 2.24. The van der Waals surface area contributed by atoms with Gasteiger partial charge in [-0.2, -0.15) is 0 Å². The second kappa shape index (κ2) is 7.89. The minimum atomic E-state index is -0.421. The number of amides is 1. The number of rotatable bonds is 5. The van der Waals surface area contributed by atoms with Crippen LogP contribution >= 0.6 is 0 Å². The van der Waals surface area contributed by atoms with Gasteiger partial charge in [-0.25, -0.2) is 4.79 Å². The second-order valence-electron chi connectivity index (χ2n) is 7.21. The van der Waals surface area contributed by atoms with Gasteiger partial charge in [0.1, 0.15) is 6.54 Å². The fraction of sp³-hybridized carbons (Fsp3) is 0.550. The molecular weight excluding hydrogens is 330 g/mol. The third kappa shape index (κ3) is 3.59. The van der Waals surface area contributed by atoms with Gasteiger partial charge in [0.25, 0.3) is 5.56 Å². The molecule has 1 saturated carbocycles. The Kier molecular flexibility index (Phi) is 5.59. The quantitative estimate of drug-likeness (QED) is 0.824. The van der Waals surface area contributed by atoms with Crippen LogP contribution in [0.15, 0.2) is 33.9 Å². The molecule has 6 heteroatoms. The van der Waals surface area contributed by atoms with Gasteiger partial charge in [0.15, 0.2) is 0 Å². The van der Waals surface area contributed by atoms with Crippen molar-refractivity contribution in [3.63, 3.8) is 0 Å². The van der Waals surface area contributed by atoms with E-state index in [1.807, 2.05) is 0 Å². The summed E-state index contributed by atoms with van der Waals surface area (Å²) in [7, 11) is 1.81. The van der Waals surface area contributed by atoms with Crippen LogP contribution in [0.25, 0.3) is 10.9 Å². The van der Waals surface area contributed by atoms with E-state index in [-0.39, 0.29) is 24.6 Å². The summed E-state index contributed by atoms with van der Waals surface area (Å²) in [4.78, 5) is 39.7. The molecule has 1 aliphatic rings. The van der Waals surface area contributed by atoms with Crippen LogP contribution in [0.2, 0.25) is 0 Å². The Morgan fingerprint density at radius 1 is 1.12 bits per heavy atom. The van der Waals surface area contributed by atoms with E-state index in [1.165, 1.54) is 41.2 Å². The lowest BCUT2D eigenvalue weighted by Gasteiger charge is -2.27. The SMILES string of the molecule is CCn1c(=O)c2ccccc2n(CC(=O)N(C)CC2CCCCC2)c1=O. The van der Waals surface area contributed by atoms with Gasteiger partial charge in [0.05, 0.1) is 10.9 Å².